The lowest BCUT2D eigenvalue weighted by molar-refractivity contribution is 0.672. The van der Waals surface area contributed by atoms with Gasteiger partial charge >= 0.3 is 0 Å². The van der Waals surface area contributed by atoms with E-state index in [4.69, 9.17) is 24.5 Å². The summed E-state index contributed by atoms with van der Waals surface area (Å²) in [7, 11) is 0. The van der Waals surface area contributed by atoms with Crippen LogP contribution in [0, 0.1) is 0 Å². The molecule has 6 heteroatoms. The van der Waals surface area contributed by atoms with E-state index >= 15 is 0 Å². The van der Waals surface area contributed by atoms with Crippen molar-refractivity contribution < 1.29 is 4.42 Å². The van der Waals surface area contributed by atoms with Crippen molar-refractivity contribution in [2.75, 3.05) is 0 Å². The molecule has 6 aromatic carbocycles. The fourth-order valence-corrected chi connectivity index (χ4v) is 9.29. The summed E-state index contributed by atoms with van der Waals surface area (Å²) >= 11 is 0. The number of furan rings is 1. The van der Waals surface area contributed by atoms with E-state index in [1.54, 1.807) is 0 Å². The molecule has 0 bridgehead atoms. The van der Waals surface area contributed by atoms with E-state index in [0.717, 1.165) is 114 Å². The lowest BCUT2D eigenvalue weighted by atomic mass is 9.90. The summed E-state index contributed by atoms with van der Waals surface area (Å²) in [5.41, 5.74) is 19.1. The summed E-state index contributed by atoms with van der Waals surface area (Å²) in [6.07, 6.45) is 9.64. The van der Waals surface area contributed by atoms with Gasteiger partial charge in [0.1, 0.15) is 16.6 Å². The van der Waals surface area contributed by atoms with E-state index in [1.165, 1.54) is 27.8 Å². The molecular weight excluding hydrogens is 783 g/mol. The maximum atomic E-state index is 6.57. The average Bonchev–Trinajstić information content (AvgIpc) is 3.93. The van der Waals surface area contributed by atoms with Crippen molar-refractivity contribution in [2.45, 2.75) is 25.7 Å². The van der Waals surface area contributed by atoms with Crippen LogP contribution in [0.3, 0.4) is 0 Å². The minimum absolute atomic E-state index is 0.774. The molecule has 0 amide bonds. The monoisotopic (exact) mass is 823 g/mol. The van der Waals surface area contributed by atoms with Crippen molar-refractivity contribution in [3.63, 3.8) is 0 Å². The van der Waals surface area contributed by atoms with Gasteiger partial charge in [0.2, 0.25) is 0 Å². The van der Waals surface area contributed by atoms with Gasteiger partial charge in [-0.1, -0.05) is 146 Å². The Balaban J connectivity index is 0.935. The second-order valence-corrected chi connectivity index (χ2v) is 16.6. The van der Waals surface area contributed by atoms with Crippen LogP contribution in [-0.4, -0.2) is 24.6 Å². The second-order valence-electron chi connectivity index (χ2n) is 16.6. The van der Waals surface area contributed by atoms with Gasteiger partial charge in [-0.15, -0.1) is 0 Å². The number of benzene rings is 6. The number of para-hydroxylation sites is 2. The summed E-state index contributed by atoms with van der Waals surface area (Å²) < 4.78 is 8.61. The minimum Gasteiger partial charge on any atom is -0.452 e. The van der Waals surface area contributed by atoms with Gasteiger partial charge < -0.3 is 4.42 Å². The van der Waals surface area contributed by atoms with Gasteiger partial charge in [0, 0.05) is 51.4 Å². The van der Waals surface area contributed by atoms with E-state index in [2.05, 4.69) is 152 Å². The molecule has 0 fully saturated rings. The number of fused-ring (bicyclic) bond motifs is 10. The standard InChI is InChI=1S/C58H41N5O/c1-3-13-42(14-4-1)51-29-27-38(35-59-51)23-25-40-31-41(26-24-39-28-30-52(60-36-39)43-15-5-2-6-16-43)33-44(32-40)46-17-7-8-18-47(46)45-34-50-55(61-37-45)48-19-9-11-21-53(48)63-57(50)58-56(62-63)49-20-10-12-22-54(49)64-58/h1-22,27-37H,23-26H2. The first-order valence-electron chi connectivity index (χ1n) is 21.9. The molecule has 0 saturated carbocycles. The molecule has 0 spiro atoms. The van der Waals surface area contributed by atoms with Crippen LogP contribution in [0.4, 0.5) is 0 Å². The van der Waals surface area contributed by atoms with Crippen LogP contribution < -0.4 is 0 Å². The number of aromatic nitrogens is 5. The van der Waals surface area contributed by atoms with Gasteiger partial charge in [0.05, 0.1) is 22.4 Å². The van der Waals surface area contributed by atoms with Crippen molar-refractivity contribution in [3.8, 4) is 44.8 Å². The molecule has 12 rings (SSSR count). The third kappa shape index (κ3) is 6.86. The van der Waals surface area contributed by atoms with Crippen LogP contribution in [-0.2, 0) is 25.7 Å². The minimum atomic E-state index is 0.774. The zero-order valence-corrected chi connectivity index (χ0v) is 35.0. The van der Waals surface area contributed by atoms with Crippen LogP contribution >= 0.6 is 0 Å². The first kappa shape index (κ1) is 37.5. The number of hydrogen-bond acceptors (Lipinski definition) is 5. The molecule has 0 aliphatic heterocycles. The molecule has 0 N–H and O–H groups in total. The molecule has 0 aliphatic rings. The molecule has 6 heterocycles. The number of pyridine rings is 4. The zero-order chi connectivity index (χ0) is 42.4. The summed E-state index contributed by atoms with van der Waals surface area (Å²) in [6, 6.07) is 64.1. The molecule has 64 heavy (non-hydrogen) atoms. The summed E-state index contributed by atoms with van der Waals surface area (Å²) in [5, 5.41) is 8.22. The Kier molecular flexibility index (Phi) is 9.33. The zero-order valence-electron chi connectivity index (χ0n) is 35.0. The molecule has 0 saturated heterocycles. The van der Waals surface area contributed by atoms with Crippen LogP contribution in [0.5, 0.6) is 0 Å². The average molecular weight is 824 g/mol. The van der Waals surface area contributed by atoms with Crippen molar-refractivity contribution in [2.24, 2.45) is 0 Å². The fraction of sp³-hybridized carbons (Fsp3) is 0.0690. The highest BCUT2D eigenvalue weighted by Gasteiger charge is 2.21. The quantitative estimate of drug-likeness (QED) is 0.129. The van der Waals surface area contributed by atoms with Crippen molar-refractivity contribution >= 4 is 49.4 Å². The van der Waals surface area contributed by atoms with E-state index in [-0.39, 0.29) is 0 Å². The Bertz CT molecular complexity index is 3540. The predicted molar refractivity (Wildman–Crippen MR) is 260 cm³/mol. The molecule has 0 atom stereocenters. The van der Waals surface area contributed by atoms with Gasteiger partial charge in [-0.3, -0.25) is 15.0 Å². The van der Waals surface area contributed by atoms with Crippen LogP contribution in [0.25, 0.3) is 94.2 Å². The molecule has 0 radical (unpaired) electrons. The third-order valence-corrected chi connectivity index (χ3v) is 12.5. The topological polar surface area (TPSA) is 69.1 Å². The Morgan fingerprint density at radius 2 is 0.953 bits per heavy atom. The normalized spacial score (nSPS) is 11.7. The van der Waals surface area contributed by atoms with Crippen LogP contribution in [0.1, 0.15) is 22.3 Å². The van der Waals surface area contributed by atoms with Crippen molar-refractivity contribution in [1.82, 2.24) is 24.6 Å². The number of rotatable bonds is 10. The highest BCUT2D eigenvalue weighted by Crippen LogP contribution is 2.40. The second kappa shape index (κ2) is 15.9. The Morgan fingerprint density at radius 3 is 1.59 bits per heavy atom. The lowest BCUT2D eigenvalue weighted by Crippen LogP contribution is -1.99. The first-order valence-corrected chi connectivity index (χ1v) is 21.9. The van der Waals surface area contributed by atoms with Gasteiger partial charge in [-0.2, -0.15) is 5.10 Å². The smallest absolute Gasteiger partial charge is 0.182 e. The molecule has 0 unspecified atom stereocenters. The summed E-state index contributed by atoms with van der Waals surface area (Å²) in [6.45, 7) is 0. The van der Waals surface area contributed by atoms with Crippen LogP contribution in [0.15, 0.2) is 205 Å². The van der Waals surface area contributed by atoms with Crippen molar-refractivity contribution in [3.05, 3.63) is 223 Å². The summed E-state index contributed by atoms with van der Waals surface area (Å²) in [5.74, 6) is 0. The van der Waals surface area contributed by atoms with E-state index in [1.807, 2.05) is 53.4 Å². The van der Waals surface area contributed by atoms with E-state index in [9.17, 15) is 0 Å². The van der Waals surface area contributed by atoms with Gasteiger partial charge in [0.25, 0.3) is 0 Å². The van der Waals surface area contributed by atoms with Gasteiger partial charge in [-0.05, 0) is 101 Å². The fourth-order valence-electron chi connectivity index (χ4n) is 9.29. The maximum Gasteiger partial charge on any atom is 0.182 e. The first-order chi connectivity index (χ1) is 31.7. The SMILES string of the molecule is c1ccc(-c2ccc(CCc3cc(CCc4ccc(-c5ccccc5)nc4)cc(-c4ccccc4-c4cnc5c6ccccc6n6nc7c8ccccc8oc7c6c5c4)c3)cn2)cc1. The molecular formula is C58H41N5O. The molecule has 304 valence electrons. The highest BCUT2D eigenvalue weighted by molar-refractivity contribution is 6.20. The highest BCUT2D eigenvalue weighted by atomic mass is 16.3. The molecule has 0 aliphatic carbocycles. The van der Waals surface area contributed by atoms with Crippen molar-refractivity contribution in [1.29, 1.82) is 0 Å². The Hall–Kier alpha value is -8.22. The number of nitrogens with zero attached hydrogens (tertiary/aromatic N) is 5. The summed E-state index contributed by atoms with van der Waals surface area (Å²) in [4.78, 5) is 14.9. The third-order valence-electron chi connectivity index (χ3n) is 12.5. The lowest BCUT2D eigenvalue weighted by Gasteiger charge is -2.15. The Labute approximate surface area is 370 Å². The van der Waals surface area contributed by atoms with Gasteiger partial charge in [-0.25, -0.2) is 4.52 Å². The molecule has 6 aromatic heterocycles. The maximum absolute atomic E-state index is 6.57. The largest absolute Gasteiger partial charge is 0.452 e. The van der Waals surface area contributed by atoms with Crippen LogP contribution in [0.2, 0.25) is 0 Å². The predicted octanol–water partition coefficient (Wildman–Crippen LogP) is 14.0. The molecule has 6 nitrogen and oxygen atoms in total. The van der Waals surface area contributed by atoms with E-state index < -0.39 is 0 Å². The molecule has 12 aromatic rings. The number of aryl methyl sites for hydroxylation is 4. The number of hydrogen-bond donors (Lipinski definition) is 0. The Morgan fingerprint density at radius 1 is 0.391 bits per heavy atom. The van der Waals surface area contributed by atoms with E-state index in [0.29, 0.717) is 0 Å². The van der Waals surface area contributed by atoms with Gasteiger partial charge in [0.15, 0.2) is 5.58 Å².